The van der Waals surface area contributed by atoms with Gasteiger partial charge >= 0.3 is 0 Å². The highest BCUT2D eigenvalue weighted by molar-refractivity contribution is 5.89. The maximum atomic E-state index is 13.9. The molecule has 0 saturated carbocycles. The van der Waals surface area contributed by atoms with Gasteiger partial charge in [-0.15, -0.1) is 0 Å². The first kappa shape index (κ1) is 29.0. The number of aryl methyl sites for hydroxylation is 3. The van der Waals surface area contributed by atoms with Crippen molar-refractivity contribution < 1.29 is 23.6 Å². The molecule has 2 aromatic heterocycles. The van der Waals surface area contributed by atoms with E-state index in [9.17, 15) is 9.90 Å². The number of carbonyl (C=O) groups is 1. The molecule has 2 heterocycles. The van der Waals surface area contributed by atoms with Gasteiger partial charge in [-0.1, -0.05) is 90.1 Å². The number of hydrogen-bond donors (Lipinski definition) is 2. The molecule has 44 heavy (non-hydrogen) atoms. The molecule has 0 bridgehead atoms. The van der Waals surface area contributed by atoms with Crippen molar-refractivity contribution in [2.75, 3.05) is 0 Å². The molecule has 222 valence electrons. The number of aliphatic hydroxyl groups is 1. The van der Waals surface area contributed by atoms with Gasteiger partial charge in [0.25, 0.3) is 0 Å². The number of carbonyl (C=O) groups excluding carboxylic acids is 1. The fourth-order valence-corrected chi connectivity index (χ4v) is 5.69. The number of ether oxygens (including phenoxy) is 1. The van der Waals surface area contributed by atoms with E-state index in [1.807, 2.05) is 110 Å². The fourth-order valence-electron chi connectivity index (χ4n) is 5.69. The topological polar surface area (TPSA) is 97.7 Å². The maximum Gasteiger partial charge on any atom is 0.225 e. The highest BCUT2D eigenvalue weighted by Crippen LogP contribution is 2.36. The zero-order chi connectivity index (χ0) is 30.6. The van der Waals surface area contributed by atoms with Crippen LogP contribution < -0.4 is 10.1 Å². The fraction of sp³-hybridized carbons (Fsp3) is 0.189. The number of aromatic nitrogens is 1. The van der Waals surface area contributed by atoms with Crippen molar-refractivity contribution in [2.45, 2.75) is 45.9 Å². The highest BCUT2D eigenvalue weighted by Gasteiger charge is 2.29. The van der Waals surface area contributed by atoms with Gasteiger partial charge in [0.15, 0.2) is 0 Å². The minimum absolute atomic E-state index is 0.00737. The van der Waals surface area contributed by atoms with Crippen molar-refractivity contribution in [1.82, 2.24) is 10.5 Å². The number of para-hydroxylation sites is 1. The molecule has 6 aromatic rings. The molecule has 1 amide bonds. The smallest absolute Gasteiger partial charge is 0.225 e. The first-order valence-corrected chi connectivity index (χ1v) is 14.6. The highest BCUT2D eigenvalue weighted by atomic mass is 16.5. The number of fused-ring (bicyclic) bond motifs is 1. The lowest BCUT2D eigenvalue weighted by atomic mass is 9.94. The Hall–Kier alpha value is -5.14. The van der Waals surface area contributed by atoms with E-state index in [1.165, 1.54) is 0 Å². The van der Waals surface area contributed by atoms with Crippen LogP contribution in [-0.4, -0.2) is 16.2 Å². The van der Waals surface area contributed by atoms with E-state index in [-0.39, 0.29) is 12.3 Å². The van der Waals surface area contributed by atoms with Gasteiger partial charge in [-0.05, 0) is 61.2 Å². The molecule has 0 fully saturated rings. The third-order valence-electron chi connectivity index (χ3n) is 7.92. The van der Waals surface area contributed by atoms with Crippen LogP contribution in [0.5, 0.6) is 5.75 Å². The van der Waals surface area contributed by atoms with Gasteiger partial charge in [0.05, 0.1) is 23.7 Å². The molecule has 2 atom stereocenters. The number of rotatable bonds is 10. The number of furan rings is 1. The van der Waals surface area contributed by atoms with Crippen LogP contribution in [0.15, 0.2) is 112 Å². The standard InChI is InChI=1S/C37H34N2O5/c1-23-20-28(42-22-26-12-6-4-7-13-26)18-19-29(23)35(27-14-8-5-9-15-27)38-33(40)21-31-30-16-10-11-17-32(30)43-37(31)36(41)34-24(2)39-44-25(34)3/h4-20,35-36,41H,21-22H2,1-3H3,(H,38,40). The van der Waals surface area contributed by atoms with E-state index in [0.29, 0.717) is 40.5 Å². The summed E-state index contributed by atoms with van der Waals surface area (Å²) in [7, 11) is 0. The molecule has 0 aliphatic rings. The minimum Gasteiger partial charge on any atom is -0.489 e. The van der Waals surface area contributed by atoms with Gasteiger partial charge < -0.3 is 24.1 Å². The van der Waals surface area contributed by atoms with Crippen molar-refractivity contribution >= 4 is 16.9 Å². The molecule has 2 unspecified atom stereocenters. The van der Waals surface area contributed by atoms with Gasteiger partial charge in [0.1, 0.15) is 35.6 Å². The predicted molar refractivity (Wildman–Crippen MR) is 168 cm³/mol. The van der Waals surface area contributed by atoms with E-state index in [0.717, 1.165) is 33.4 Å². The maximum absolute atomic E-state index is 13.9. The van der Waals surface area contributed by atoms with Crippen LogP contribution in [0.25, 0.3) is 11.0 Å². The lowest BCUT2D eigenvalue weighted by molar-refractivity contribution is -0.120. The predicted octanol–water partition coefficient (Wildman–Crippen LogP) is 7.46. The van der Waals surface area contributed by atoms with Gasteiger partial charge in [0, 0.05) is 10.9 Å². The van der Waals surface area contributed by atoms with E-state index in [1.54, 1.807) is 13.8 Å². The van der Waals surface area contributed by atoms with Crippen LogP contribution >= 0.6 is 0 Å². The Morgan fingerprint density at radius 3 is 2.32 bits per heavy atom. The number of hydrogen-bond acceptors (Lipinski definition) is 6. The van der Waals surface area contributed by atoms with Crippen LogP contribution in [0.3, 0.4) is 0 Å². The van der Waals surface area contributed by atoms with E-state index < -0.39 is 12.1 Å². The Morgan fingerprint density at radius 1 is 0.909 bits per heavy atom. The summed E-state index contributed by atoms with van der Waals surface area (Å²) >= 11 is 0. The van der Waals surface area contributed by atoms with Gasteiger partial charge in [0.2, 0.25) is 5.91 Å². The zero-order valence-electron chi connectivity index (χ0n) is 24.9. The number of benzene rings is 4. The average molecular weight is 587 g/mol. The quantitative estimate of drug-likeness (QED) is 0.173. The molecule has 0 radical (unpaired) electrons. The summed E-state index contributed by atoms with van der Waals surface area (Å²) in [4.78, 5) is 13.9. The summed E-state index contributed by atoms with van der Waals surface area (Å²) in [6.45, 7) is 6.01. The van der Waals surface area contributed by atoms with Crippen LogP contribution in [0.2, 0.25) is 0 Å². The van der Waals surface area contributed by atoms with Gasteiger partial charge in [-0.25, -0.2) is 0 Å². The summed E-state index contributed by atoms with van der Waals surface area (Å²) in [5.74, 6) is 1.36. The zero-order valence-corrected chi connectivity index (χ0v) is 24.9. The molecule has 0 spiro atoms. The lowest BCUT2D eigenvalue weighted by Crippen LogP contribution is -2.31. The van der Waals surface area contributed by atoms with Crippen molar-refractivity contribution in [3.8, 4) is 5.75 Å². The molecule has 2 N–H and O–H groups in total. The minimum atomic E-state index is -1.13. The van der Waals surface area contributed by atoms with E-state index in [2.05, 4.69) is 10.5 Å². The van der Waals surface area contributed by atoms with Crippen molar-refractivity contribution in [2.24, 2.45) is 0 Å². The molecule has 0 aliphatic carbocycles. The van der Waals surface area contributed by atoms with Crippen LogP contribution in [0.4, 0.5) is 0 Å². The summed E-state index contributed by atoms with van der Waals surface area (Å²) < 4.78 is 17.5. The van der Waals surface area contributed by atoms with Crippen molar-refractivity contribution in [1.29, 1.82) is 0 Å². The monoisotopic (exact) mass is 586 g/mol. The third-order valence-corrected chi connectivity index (χ3v) is 7.92. The molecule has 0 saturated heterocycles. The second kappa shape index (κ2) is 12.6. The normalized spacial score (nSPS) is 12.6. The van der Waals surface area contributed by atoms with Crippen molar-refractivity contribution in [3.05, 3.63) is 154 Å². The summed E-state index contributed by atoms with van der Waals surface area (Å²) in [5, 5.41) is 19.4. The number of nitrogens with one attached hydrogen (secondary N) is 1. The molecular weight excluding hydrogens is 552 g/mol. The summed E-state index contributed by atoms with van der Waals surface area (Å²) in [5.41, 5.74) is 6.33. The molecule has 7 heteroatoms. The Balaban J connectivity index is 1.29. The van der Waals surface area contributed by atoms with Crippen LogP contribution in [0.1, 0.15) is 62.7 Å². The first-order chi connectivity index (χ1) is 21.4. The second-order valence-electron chi connectivity index (χ2n) is 11.0. The Morgan fingerprint density at radius 2 is 1.61 bits per heavy atom. The lowest BCUT2D eigenvalue weighted by Gasteiger charge is -2.22. The van der Waals surface area contributed by atoms with Crippen LogP contribution in [0, 0.1) is 20.8 Å². The second-order valence-corrected chi connectivity index (χ2v) is 11.0. The van der Waals surface area contributed by atoms with Crippen LogP contribution in [-0.2, 0) is 17.8 Å². The molecular formula is C37H34N2O5. The first-order valence-electron chi connectivity index (χ1n) is 14.6. The Labute approximate surface area is 256 Å². The molecule has 6 rings (SSSR count). The number of amides is 1. The third kappa shape index (κ3) is 6.00. The van der Waals surface area contributed by atoms with Gasteiger partial charge in [-0.3, -0.25) is 4.79 Å². The SMILES string of the molecule is Cc1cc(OCc2ccccc2)ccc1C(NC(=O)Cc1c(C(O)c2c(C)noc2C)oc2ccccc12)c1ccccc1. The van der Waals surface area contributed by atoms with Crippen molar-refractivity contribution in [3.63, 3.8) is 0 Å². The number of aliphatic hydroxyl groups excluding tert-OH is 1. The average Bonchev–Trinajstić information content (AvgIpc) is 3.58. The Kier molecular flexibility index (Phi) is 8.30. The van der Waals surface area contributed by atoms with E-state index >= 15 is 0 Å². The van der Waals surface area contributed by atoms with E-state index in [4.69, 9.17) is 13.7 Å². The van der Waals surface area contributed by atoms with Gasteiger partial charge in [-0.2, -0.15) is 0 Å². The molecule has 4 aromatic carbocycles. The largest absolute Gasteiger partial charge is 0.489 e. The molecule has 7 nitrogen and oxygen atoms in total. The number of nitrogens with zero attached hydrogens (tertiary/aromatic N) is 1. The molecule has 0 aliphatic heterocycles. The summed E-state index contributed by atoms with van der Waals surface area (Å²) in [6, 6.07) is 33.0. The summed E-state index contributed by atoms with van der Waals surface area (Å²) in [6.07, 6.45) is -1.12. The Bertz CT molecular complexity index is 1870.